The number of hydrogen-bond donors (Lipinski definition) is 1. The van der Waals surface area contributed by atoms with Gasteiger partial charge >= 0.3 is 0 Å². The highest BCUT2D eigenvalue weighted by atomic mass is 35.5. The Labute approximate surface area is 110 Å². The van der Waals surface area contributed by atoms with Crippen molar-refractivity contribution in [2.24, 2.45) is 0 Å². The SMILES string of the molecule is Nc1c[n+]([N-]CCCCc2ccc(Cl)cc2)no1. The number of nitrogens with zero attached hydrogens (tertiary/aromatic N) is 3. The van der Waals surface area contributed by atoms with Crippen LogP contribution in [-0.4, -0.2) is 11.8 Å². The monoisotopic (exact) mass is 266 g/mol. The van der Waals surface area contributed by atoms with Gasteiger partial charge in [-0.05, 0) is 42.2 Å². The van der Waals surface area contributed by atoms with Gasteiger partial charge in [0.15, 0.2) is 0 Å². The Balaban J connectivity index is 1.63. The molecule has 0 amide bonds. The van der Waals surface area contributed by atoms with Crippen LogP contribution in [0, 0.1) is 0 Å². The number of halogens is 1. The molecular weight excluding hydrogens is 252 g/mol. The van der Waals surface area contributed by atoms with Gasteiger partial charge in [-0.1, -0.05) is 28.5 Å². The number of aromatic nitrogens is 2. The molecule has 1 heterocycles. The van der Waals surface area contributed by atoms with E-state index in [0.29, 0.717) is 6.54 Å². The van der Waals surface area contributed by atoms with Gasteiger partial charge in [0.05, 0.1) is 0 Å². The van der Waals surface area contributed by atoms with Crippen LogP contribution in [0.1, 0.15) is 18.4 Å². The number of nitrogens with two attached hydrogens (primary N) is 1. The molecular formula is C12H15ClN4O. The van der Waals surface area contributed by atoms with Crippen LogP contribution in [0.15, 0.2) is 35.0 Å². The second kappa shape index (κ2) is 6.26. The lowest BCUT2D eigenvalue weighted by atomic mass is 10.1. The summed E-state index contributed by atoms with van der Waals surface area (Å²) in [5.41, 5.74) is 10.8. The summed E-state index contributed by atoms with van der Waals surface area (Å²) < 4.78 is 4.69. The average molecular weight is 267 g/mol. The highest BCUT2D eigenvalue weighted by molar-refractivity contribution is 6.30. The van der Waals surface area contributed by atoms with E-state index in [-0.39, 0.29) is 5.88 Å². The fraction of sp³-hybridized carbons (Fsp3) is 0.333. The van der Waals surface area contributed by atoms with Gasteiger partial charge in [-0.3, -0.25) is 0 Å². The van der Waals surface area contributed by atoms with Gasteiger partial charge in [0.1, 0.15) is 0 Å². The summed E-state index contributed by atoms with van der Waals surface area (Å²) >= 11 is 5.82. The van der Waals surface area contributed by atoms with Crippen molar-refractivity contribution in [2.45, 2.75) is 19.3 Å². The second-order valence-electron chi connectivity index (χ2n) is 3.97. The molecule has 2 N–H and O–H groups in total. The minimum absolute atomic E-state index is 0.264. The van der Waals surface area contributed by atoms with Crippen LogP contribution in [0.5, 0.6) is 0 Å². The van der Waals surface area contributed by atoms with Crippen LogP contribution in [0.25, 0.3) is 5.43 Å². The highest BCUT2D eigenvalue weighted by Gasteiger charge is 1.99. The van der Waals surface area contributed by atoms with E-state index in [0.717, 1.165) is 24.3 Å². The molecule has 0 saturated carbocycles. The quantitative estimate of drug-likeness (QED) is 0.644. The molecule has 0 spiro atoms. The number of anilines is 1. The van der Waals surface area contributed by atoms with E-state index in [4.69, 9.17) is 17.3 Å². The Kier molecular flexibility index (Phi) is 4.41. The largest absolute Gasteiger partial charge is 0.382 e. The van der Waals surface area contributed by atoms with Crippen LogP contribution in [0.4, 0.5) is 5.88 Å². The zero-order valence-electron chi connectivity index (χ0n) is 9.92. The van der Waals surface area contributed by atoms with Gasteiger partial charge in [-0.2, -0.15) is 0 Å². The molecule has 1 aromatic carbocycles. The number of hydrogen-bond acceptors (Lipinski definition) is 3. The zero-order valence-corrected chi connectivity index (χ0v) is 10.7. The first-order valence-corrected chi connectivity index (χ1v) is 6.18. The minimum atomic E-state index is 0.264. The Morgan fingerprint density at radius 3 is 2.72 bits per heavy atom. The number of rotatable bonds is 6. The van der Waals surface area contributed by atoms with E-state index in [1.54, 1.807) is 6.20 Å². The second-order valence-corrected chi connectivity index (χ2v) is 4.41. The Hall–Kier alpha value is -1.75. The van der Waals surface area contributed by atoms with Crippen LogP contribution in [0.2, 0.25) is 5.02 Å². The summed E-state index contributed by atoms with van der Waals surface area (Å²) in [7, 11) is 0. The zero-order chi connectivity index (χ0) is 12.8. The third-order valence-electron chi connectivity index (χ3n) is 2.50. The summed E-state index contributed by atoms with van der Waals surface area (Å²) in [6.07, 6.45) is 4.62. The molecule has 5 nitrogen and oxygen atoms in total. The fourth-order valence-corrected chi connectivity index (χ4v) is 1.71. The minimum Gasteiger partial charge on any atom is -0.382 e. The maximum atomic E-state index is 5.82. The third-order valence-corrected chi connectivity index (χ3v) is 2.76. The van der Waals surface area contributed by atoms with Crippen molar-refractivity contribution in [1.29, 1.82) is 0 Å². The van der Waals surface area contributed by atoms with E-state index in [1.165, 1.54) is 10.4 Å². The van der Waals surface area contributed by atoms with E-state index < -0.39 is 0 Å². The van der Waals surface area contributed by atoms with Crippen LogP contribution in [0.3, 0.4) is 0 Å². The van der Waals surface area contributed by atoms with Gasteiger partial charge in [-0.15, -0.1) is 0 Å². The normalized spacial score (nSPS) is 10.5. The van der Waals surface area contributed by atoms with Gasteiger partial charge in [0, 0.05) is 11.6 Å². The molecule has 0 aliphatic carbocycles. The van der Waals surface area contributed by atoms with E-state index >= 15 is 0 Å². The molecule has 2 aromatic rings. The molecule has 2 rings (SSSR count). The number of benzene rings is 1. The van der Waals surface area contributed by atoms with Crippen LogP contribution >= 0.6 is 11.6 Å². The molecule has 96 valence electrons. The van der Waals surface area contributed by atoms with Crippen molar-refractivity contribution in [3.63, 3.8) is 0 Å². The fourth-order valence-electron chi connectivity index (χ4n) is 1.58. The maximum Gasteiger partial charge on any atom is 0.265 e. The first-order chi connectivity index (χ1) is 8.74. The predicted molar refractivity (Wildman–Crippen MR) is 69.1 cm³/mol. The summed E-state index contributed by atoms with van der Waals surface area (Å²) in [5.74, 6) is 0.264. The van der Waals surface area contributed by atoms with Crippen molar-refractivity contribution in [2.75, 3.05) is 12.3 Å². The van der Waals surface area contributed by atoms with Crippen molar-refractivity contribution < 1.29 is 9.31 Å². The van der Waals surface area contributed by atoms with Gasteiger partial charge < -0.3 is 10.3 Å². The smallest absolute Gasteiger partial charge is 0.265 e. The van der Waals surface area contributed by atoms with Gasteiger partial charge in [0.25, 0.3) is 12.1 Å². The molecule has 0 radical (unpaired) electrons. The van der Waals surface area contributed by atoms with Crippen LogP contribution < -0.4 is 10.5 Å². The van der Waals surface area contributed by atoms with E-state index in [9.17, 15) is 0 Å². The summed E-state index contributed by atoms with van der Waals surface area (Å²) in [6, 6.07) is 7.92. The molecule has 0 aliphatic heterocycles. The molecule has 1 aromatic heterocycles. The van der Waals surface area contributed by atoms with Crippen molar-refractivity contribution >= 4 is 17.5 Å². The predicted octanol–water partition coefficient (Wildman–Crippen LogP) is 2.36. The van der Waals surface area contributed by atoms with Crippen LogP contribution in [-0.2, 0) is 6.42 Å². The number of nitrogen functional groups attached to an aromatic ring is 1. The molecule has 0 bridgehead atoms. The lowest BCUT2D eigenvalue weighted by Crippen LogP contribution is -2.30. The van der Waals surface area contributed by atoms with Crippen molar-refractivity contribution in [3.05, 3.63) is 46.5 Å². The molecule has 0 atom stereocenters. The molecule has 0 fully saturated rings. The van der Waals surface area contributed by atoms with Gasteiger partial charge in [-0.25, -0.2) is 5.43 Å². The number of aryl methyl sites for hydroxylation is 1. The standard InChI is InChI=1S/C12H15ClN4O/c13-11-6-4-10(5-7-11)3-1-2-8-15-17-9-12(14)18-16-17/h4-7,9H,1-3,8,14H2. The molecule has 6 heteroatoms. The number of unbranched alkanes of at least 4 members (excludes halogenated alkanes) is 1. The van der Waals surface area contributed by atoms with Crippen molar-refractivity contribution in [1.82, 2.24) is 5.27 Å². The maximum absolute atomic E-state index is 5.82. The molecule has 0 saturated heterocycles. The van der Waals surface area contributed by atoms with Crippen molar-refractivity contribution in [3.8, 4) is 0 Å². The first-order valence-electron chi connectivity index (χ1n) is 5.80. The lowest BCUT2D eigenvalue weighted by Gasteiger charge is -2.03. The highest BCUT2D eigenvalue weighted by Crippen LogP contribution is 2.11. The van der Waals surface area contributed by atoms with Gasteiger partial charge in [0.2, 0.25) is 0 Å². The summed E-state index contributed by atoms with van der Waals surface area (Å²) in [5, 5.41) is 4.39. The Morgan fingerprint density at radius 1 is 1.28 bits per heavy atom. The molecule has 0 unspecified atom stereocenters. The topological polar surface area (TPSA) is 70.0 Å². The first kappa shape index (κ1) is 12.7. The van der Waals surface area contributed by atoms with E-state index in [2.05, 4.69) is 15.2 Å². The summed E-state index contributed by atoms with van der Waals surface area (Å²) in [6.45, 7) is 0.699. The molecule has 18 heavy (non-hydrogen) atoms. The Morgan fingerprint density at radius 2 is 2.06 bits per heavy atom. The summed E-state index contributed by atoms with van der Waals surface area (Å²) in [4.78, 5) is 1.36. The lowest BCUT2D eigenvalue weighted by molar-refractivity contribution is -0.697. The van der Waals surface area contributed by atoms with E-state index in [1.807, 2.05) is 24.3 Å². The third kappa shape index (κ3) is 3.92. The average Bonchev–Trinajstić information content (AvgIpc) is 2.77. The molecule has 0 aliphatic rings. The Bertz CT molecular complexity index is 483.